The average molecular weight is 257 g/mol. The Morgan fingerprint density at radius 3 is 1.76 bits per heavy atom. The van der Waals surface area contributed by atoms with Gasteiger partial charge in [0.2, 0.25) is 0 Å². The molecule has 0 unspecified atom stereocenters. The largest absolute Gasteiger partial charge is 2.00 e. The first-order valence-corrected chi connectivity index (χ1v) is 6.63. The van der Waals surface area contributed by atoms with Crippen molar-refractivity contribution in [3.63, 3.8) is 0 Å². The second-order valence-electron chi connectivity index (χ2n) is 4.30. The molecule has 0 saturated heterocycles. The molecule has 17 heavy (non-hydrogen) atoms. The van der Waals surface area contributed by atoms with Gasteiger partial charge in [-0.2, -0.15) is 0 Å². The summed E-state index contributed by atoms with van der Waals surface area (Å²) in [5, 5.41) is 8.23. The first-order chi connectivity index (χ1) is 7.77. The topological polar surface area (TPSA) is 46.5 Å². The Bertz CT molecular complexity index is 172. The Morgan fingerprint density at radius 1 is 0.941 bits per heavy atom. The zero-order valence-corrected chi connectivity index (χ0v) is 12.7. The third-order valence-electron chi connectivity index (χ3n) is 2.72. The van der Waals surface area contributed by atoms with E-state index in [2.05, 4.69) is 11.7 Å². The summed E-state index contributed by atoms with van der Waals surface area (Å²) in [5.74, 6) is 0. The molecule has 0 aliphatic rings. The molecule has 0 aromatic rings. The summed E-state index contributed by atoms with van der Waals surface area (Å²) in [5.41, 5.74) is 0. The summed E-state index contributed by atoms with van der Waals surface area (Å²) in [6.45, 7) is 2.59. The molecule has 0 amide bonds. The molecule has 0 aliphatic carbocycles. The van der Waals surface area contributed by atoms with Crippen LogP contribution in [0.2, 0.25) is 0 Å². The van der Waals surface area contributed by atoms with E-state index in [1.165, 1.54) is 51.4 Å². The van der Waals surface area contributed by atoms with Gasteiger partial charge in [-0.3, -0.25) is 0 Å². The molecule has 0 heterocycles. The normalized spacial score (nSPS) is 9.71. The number of carbonyl (C=O) groups is 1. The van der Waals surface area contributed by atoms with E-state index in [1.807, 2.05) is 0 Å². The smallest absolute Gasteiger partial charge is 1.00 e. The van der Waals surface area contributed by atoms with Gasteiger partial charge in [-0.25, -0.2) is 4.79 Å². The van der Waals surface area contributed by atoms with Crippen LogP contribution in [0.1, 0.15) is 74.0 Å². The summed E-state index contributed by atoms with van der Waals surface area (Å²) in [6.07, 6.45) is 11.4. The molecule has 0 fully saturated rings. The number of hydrogen-bond donors (Lipinski definition) is 1. The summed E-state index contributed by atoms with van der Waals surface area (Å²) in [6, 6.07) is 0. The van der Waals surface area contributed by atoms with Crippen molar-refractivity contribution in [3.8, 4) is 0 Å². The number of hydrogen-bond acceptors (Lipinski definition) is 2. The fraction of sp³-hybridized carbons (Fsp3) is 0.923. The van der Waals surface area contributed by atoms with Crippen LogP contribution in [0.25, 0.3) is 0 Å². The SMILES string of the molecule is CCCCCCCCCCCCOC(=O)O.[H-].[H-].[Mg+2]. The molecule has 0 radical (unpaired) electrons. The van der Waals surface area contributed by atoms with Gasteiger partial charge in [0, 0.05) is 0 Å². The van der Waals surface area contributed by atoms with Crippen LogP contribution in [0.4, 0.5) is 4.79 Å². The molecule has 100 valence electrons. The molecular weight excluding hydrogens is 228 g/mol. The molecule has 3 nitrogen and oxygen atoms in total. The fourth-order valence-electron chi connectivity index (χ4n) is 1.75. The van der Waals surface area contributed by atoms with Gasteiger partial charge in [-0.1, -0.05) is 64.7 Å². The standard InChI is InChI=1S/C13H26O3.Mg.2H/c1-2-3-4-5-6-7-8-9-10-11-12-16-13(14)15;;;/h2-12H2,1H3,(H,14,15);;;/q;+2;2*-1. The van der Waals surface area contributed by atoms with Crippen LogP contribution in [0.5, 0.6) is 0 Å². The Hall–Kier alpha value is 0.0362. The molecule has 0 saturated carbocycles. The number of ether oxygens (including phenoxy) is 1. The third kappa shape index (κ3) is 18.6. The molecule has 0 spiro atoms. The minimum absolute atomic E-state index is 0. The van der Waals surface area contributed by atoms with Gasteiger partial charge < -0.3 is 12.7 Å². The number of unbranched alkanes of at least 4 members (excludes halogenated alkanes) is 9. The van der Waals surface area contributed by atoms with Gasteiger partial charge in [0.15, 0.2) is 0 Å². The van der Waals surface area contributed by atoms with E-state index in [0.29, 0.717) is 6.61 Å². The molecule has 0 aromatic carbocycles. The van der Waals surface area contributed by atoms with Crippen LogP contribution in [0.3, 0.4) is 0 Å². The maximum Gasteiger partial charge on any atom is 2.00 e. The Balaban J connectivity index is -0.000000375. The van der Waals surface area contributed by atoms with Crippen LogP contribution in [-0.2, 0) is 4.74 Å². The second-order valence-corrected chi connectivity index (χ2v) is 4.30. The van der Waals surface area contributed by atoms with E-state index >= 15 is 0 Å². The van der Waals surface area contributed by atoms with Crippen molar-refractivity contribution < 1.29 is 17.5 Å². The summed E-state index contributed by atoms with van der Waals surface area (Å²) in [4.78, 5) is 10.0. The first-order valence-electron chi connectivity index (χ1n) is 6.63. The predicted octanol–water partition coefficient (Wildman–Crippen LogP) is 4.45. The Morgan fingerprint density at radius 2 is 1.35 bits per heavy atom. The summed E-state index contributed by atoms with van der Waals surface area (Å²) in [7, 11) is 0. The minimum atomic E-state index is -1.16. The fourth-order valence-corrected chi connectivity index (χ4v) is 1.75. The molecule has 1 N–H and O–H groups in total. The van der Waals surface area contributed by atoms with Crippen LogP contribution in [-0.4, -0.2) is 40.9 Å². The van der Waals surface area contributed by atoms with Gasteiger partial charge in [-0.05, 0) is 6.42 Å². The monoisotopic (exact) mass is 256 g/mol. The van der Waals surface area contributed by atoms with Crippen molar-refractivity contribution in [1.82, 2.24) is 0 Å². The van der Waals surface area contributed by atoms with Crippen LogP contribution < -0.4 is 0 Å². The summed E-state index contributed by atoms with van der Waals surface area (Å²) < 4.78 is 4.43. The van der Waals surface area contributed by atoms with Crippen LogP contribution >= 0.6 is 0 Å². The van der Waals surface area contributed by atoms with E-state index in [-0.39, 0.29) is 25.9 Å². The Kier molecular flexibility index (Phi) is 18.3. The third-order valence-corrected chi connectivity index (χ3v) is 2.72. The molecule has 0 rings (SSSR count). The molecule has 0 bridgehead atoms. The van der Waals surface area contributed by atoms with E-state index in [9.17, 15) is 4.79 Å². The van der Waals surface area contributed by atoms with E-state index in [4.69, 9.17) is 5.11 Å². The molecule has 0 atom stereocenters. The Labute approximate surface area is 124 Å². The first kappa shape index (κ1) is 19.4. The van der Waals surface area contributed by atoms with Crippen molar-refractivity contribution in [2.24, 2.45) is 0 Å². The molecule has 0 aromatic heterocycles. The maximum atomic E-state index is 10.0. The van der Waals surface area contributed by atoms with E-state index < -0.39 is 6.16 Å². The molecule has 4 heteroatoms. The van der Waals surface area contributed by atoms with Gasteiger partial charge in [0.05, 0.1) is 6.61 Å². The van der Waals surface area contributed by atoms with Crippen molar-refractivity contribution >= 4 is 29.2 Å². The van der Waals surface area contributed by atoms with Crippen molar-refractivity contribution in [3.05, 3.63) is 0 Å². The number of carboxylic acid groups (broad SMARTS) is 1. The zero-order valence-electron chi connectivity index (χ0n) is 13.2. The second kappa shape index (κ2) is 16.0. The number of rotatable bonds is 11. The van der Waals surface area contributed by atoms with Crippen molar-refractivity contribution in [2.45, 2.75) is 71.1 Å². The van der Waals surface area contributed by atoms with Gasteiger partial charge >= 0.3 is 29.2 Å². The minimum Gasteiger partial charge on any atom is -1.00 e. The van der Waals surface area contributed by atoms with Crippen LogP contribution in [0, 0.1) is 0 Å². The average Bonchev–Trinajstić information content (AvgIpc) is 2.25. The van der Waals surface area contributed by atoms with E-state index in [0.717, 1.165) is 12.8 Å². The van der Waals surface area contributed by atoms with Crippen LogP contribution in [0.15, 0.2) is 0 Å². The van der Waals surface area contributed by atoms with Gasteiger partial charge in [0.25, 0.3) is 0 Å². The molecule has 0 aliphatic heterocycles. The maximum absolute atomic E-state index is 10.0. The quantitative estimate of drug-likeness (QED) is 0.338. The van der Waals surface area contributed by atoms with Gasteiger partial charge in [-0.15, -0.1) is 0 Å². The van der Waals surface area contributed by atoms with Crippen molar-refractivity contribution in [1.29, 1.82) is 0 Å². The van der Waals surface area contributed by atoms with Crippen molar-refractivity contribution in [2.75, 3.05) is 6.61 Å². The zero-order chi connectivity index (χ0) is 12.1. The van der Waals surface area contributed by atoms with Gasteiger partial charge in [0.1, 0.15) is 0 Å². The van der Waals surface area contributed by atoms with E-state index in [1.54, 1.807) is 0 Å². The predicted molar refractivity (Wildman–Crippen MR) is 73.8 cm³/mol. The summed E-state index contributed by atoms with van der Waals surface area (Å²) >= 11 is 0. The molecular formula is C13H28MgO3.